The number of hydrogen-bond donors (Lipinski definition) is 1. The number of hydrogen-bond acceptors (Lipinski definition) is 5. The molecule has 2 aromatic rings. The van der Waals surface area contributed by atoms with Gasteiger partial charge in [-0.3, -0.25) is 29.1 Å². The molecule has 1 saturated heterocycles. The molecule has 0 spiro atoms. The van der Waals surface area contributed by atoms with Crippen LogP contribution >= 0.6 is 0 Å². The van der Waals surface area contributed by atoms with Crippen LogP contribution in [0, 0.1) is 0 Å². The third-order valence-corrected chi connectivity index (χ3v) is 5.85. The molecule has 8 heteroatoms. The van der Waals surface area contributed by atoms with Gasteiger partial charge in [-0.25, -0.2) is 0 Å². The zero-order valence-corrected chi connectivity index (χ0v) is 18.4. The second-order valence-corrected chi connectivity index (χ2v) is 9.16. The lowest BCUT2D eigenvalue weighted by Crippen LogP contribution is -2.46. The second kappa shape index (κ2) is 8.18. The molecule has 2 aliphatic rings. The Hall–Kier alpha value is -3.55. The summed E-state index contributed by atoms with van der Waals surface area (Å²) < 4.78 is 0. The van der Waals surface area contributed by atoms with Crippen LogP contribution in [-0.4, -0.2) is 63.1 Å². The van der Waals surface area contributed by atoms with Crippen molar-refractivity contribution in [1.82, 2.24) is 20.1 Å². The quantitative estimate of drug-likeness (QED) is 0.749. The van der Waals surface area contributed by atoms with E-state index in [2.05, 4.69) is 10.3 Å². The lowest BCUT2D eigenvalue weighted by atomic mass is 10.0. The van der Waals surface area contributed by atoms with E-state index in [1.165, 1.54) is 17.2 Å². The van der Waals surface area contributed by atoms with Crippen molar-refractivity contribution in [3.8, 4) is 0 Å². The summed E-state index contributed by atoms with van der Waals surface area (Å²) in [6.07, 6.45) is 4.41. The molecule has 166 valence electrons. The van der Waals surface area contributed by atoms with Crippen LogP contribution in [0.3, 0.4) is 0 Å². The molecule has 32 heavy (non-hydrogen) atoms. The van der Waals surface area contributed by atoms with Crippen LogP contribution < -0.4 is 5.32 Å². The van der Waals surface area contributed by atoms with E-state index in [1.807, 2.05) is 0 Å². The number of imide groups is 1. The number of pyridine rings is 1. The Labute approximate surface area is 186 Å². The first-order valence-corrected chi connectivity index (χ1v) is 10.7. The molecular weight excluding hydrogens is 408 g/mol. The van der Waals surface area contributed by atoms with E-state index in [-0.39, 0.29) is 35.2 Å². The maximum Gasteiger partial charge on any atom is 0.262 e. The number of carbonyl (C=O) groups is 4. The Kier molecular flexibility index (Phi) is 5.54. The number of benzene rings is 1. The number of rotatable bonds is 3. The number of aromatic nitrogens is 1. The SMILES string of the molecule is CC(C)(C)N1C(=O)c2ccc(C(=O)N3CCC(NC(=O)c4cccnc4)CC3)cc2C1=O. The van der Waals surface area contributed by atoms with Gasteiger partial charge in [0.15, 0.2) is 0 Å². The molecule has 3 heterocycles. The fraction of sp³-hybridized carbons (Fsp3) is 0.375. The lowest BCUT2D eigenvalue weighted by Gasteiger charge is -2.32. The Balaban J connectivity index is 1.41. The minimum atomic E-state index is -0.639. The van der Waals surface area contributed by atoms with Crippen molar-refractivity contribution in [2.24, 2.45) is 0 Å². The molecule has 0 bridgehead atoms. The van der Waals surface area contributed by atoms with Gasteiger partial charge in [0, 0.05) is 42.6 Å². The predicted octanol–water partition coefficient (Wildman–Crippen LogP) is 2.51. The second-order valence-electron chi connectivity index (χ2n) is 9.16. The number of piperidine rings is 1. The third kappa shape index (κ3) is 4.00. The van der Waals surface area contributed by atoms with Crippen molar-refractivity contribution in [1.29, 1.82) is 0 Å². The van der Waals surface area contributed by atoms with Crippen molar-refractivity contribution < 1.29 is 19.2 Å². The van der Waals surface area contributed by atoms with E-state index in [1.54, 1.807) is 56.1 Å². The van der Waals surface area contributed by atoms with Crippen LogP contribution in [0.1, 0.15) is 75.0 Å². The van der Waals surface area contributed by atoms with E-state index < -0.39 is 5.54 Å². The zero-order valence-electron chi connectivity index (χ0n) is 18.4. The number of fused-ring (bicyclic) bond motifs is 1. The summed E-state index contributed by atoms with van der Waals surface area (Å²) in [5.74, 6) is -1.06. The van der Waals surface area contributed by atoms with E-state index >= 15 is 0 Å². The highest BCUT2D eigenvalue weighted by atomic mass is 16.2. The van der Waals surface area contributed by atoms with Gasteiger partial charge in [0.05, 0.1) is 16.7 Å². The molecule has 8 nitrogen and oxygen atoms in total. The van der Waals surface area contributed by atoms with E-state index in [9.17, 15) is 19.2 Å². The van der Waals surface area contributed by atoms with Crippen molar-refractivity contribution >= 4 is 23.6 Å². The van der Waals surface area contributed by atoms with Crippen molar-refractivity contribution in [3.05, 3.63) is 65.0 Å². The standard InChI is InChI=1S/C24H26N4O4/c1-24(2,3)28-22(31)18-7-6-15(13-19(18)23(28)32)21(30)27-11-8-17(9-12-27)26-20(29)16-5-4-10-25-14-16/h4-7,10,13-14,17H,8-9,11-12H2,1-3H3,(H,26,29). The zero-order chi connectivity index (χ0) is 23.0. The number of amides is 4. The summed E-state index contributed by atoms with van der Waals surface area (Å²) >= 11 is 0. The monoisotopic (exact) mass is 434 g/mol. The van der Waals surface area contributed by atoms with Gasteiger partial charge in [-0.1, -0.05) is 0 Å². The average molecular weight is 434 g/mol. The Morgan fingerprint density at radius 2 is 1.69 bits per heavy atom. The molecule has 4 rings (SSSR count). The minimum Gasteiger partial charge on any atom is -0.349 e. The van der Waals surface area contributed by atoms with Crippen LogP contribution in [0.4, 0.5) is 0 Å². The fourth-order valence-electron chi connectivity index (χ4n) is 4.16. The van der Waals surface area contributed by atoms with Gasteiger partial charge in [0.1, 0.15) is 0 Å². The number of carbonyl (C=O) groups excluding carboxylic acids is 4. The lowest BCUT2D eigenvalue weighted by molar-refractivity contribution is 0.0507. The molecule has 2 aliphatic heterocycles. The summed E-state index contributed by atoms with van der Waals surface area (Å²) in [4.78, 5) is 57.7. The molecule has 0 radical (unpaired) electrons. The highest BCUT2D eigenvalue weighted by molar-refractivity contribution is 6.22. The molecule has 0 unspecified atom stereocenters. The first kappa shape index (κ1) is 21.7. The highest BCUT2D eigenvalue weighted by Crippen LogP contribution is 2.30. The van der Waals surface area contributed by atoms with E-state index in [0.717, 1.165) is 0 Å². The topological polar surface area (TPSA) is 99.7 Å². The summed E-state index contributed by atoms with van der Waals surface area (Å²) in [5.41, 5.74) is 0.860. The minimum absolute atomic E-state index is 0.0219. The van der Waals surface area contributed by atoms with Gasteiger partial charge in [-0.15, -0.1) is 0 Å². The molecule has 4 amide bonds. The van der Waals surface area contributed by atoms with Gasteiger partial charge >= 0.3 is 0 Å². The molecule has 0 aliphatic carbocycles. The van der Waals surface area contributed by atoms with Gasteiger partial charge in [-0.2, -0.15) is 0 Å². The normalized spacial score (nSPS) is 16.8. The van der Waals surface area contributed by atoms with Crippen LogP contribution in [0.15, 0.2) is 42.7 Å². The van der Waals surface area contributed by atoms with E-state index in [0.29, 0.717) is 42.6 Å². The van der Waals surface area contributed by atoms with Gasteiger partial charge in [0.2, 0.25) is 0 Å². The first-order valence-electron chi connectivity index (χ1n) is 10.7. The fourth-order valence-corrected chi connectivity index (χ4v) is 4.16. The van der Waals surface area contributed by atoms with Gasteiger partial charge in [-0.05, 0) is 63.9 Å². The largest absolute Gasteiger partial charge is 0.349 e. The molecule has 1 aromatic carbocycles. The van der Waals surface area contributed by atoms with Gasteiger partial charge in [0.25, 0.3) is 23.6 Å². The average Bonchev–Trinajstić information content (AvgIpc) is 3.04. The Morgan fingerprint density at radius 3 is 2.31 bits per heavy atom. The smallest absolute Gasteiger partial charge is 0.262 e. The Bertz CT molecular complexity index is 1080. The molecule has 0 saturated carbocycles. The number of nitrogens with zero attached hydrogens (tertiary/aromatic N) is 3. The summed E-state index contributed by atoms with van der Waals surface area (Å²) in [7, 11) is 0. The highest BCUT2D eigenvalue weighted by Gasteiger charge is 2.42. The molecule has 0 atom stereocenters. The number of likely N-dealkylation sites (tertiary alicyclic amines) is 1. The van der Waals surface area contributed by atoms with Crippen molar-refractivity contribution in [2.45, 2.75) is 45.2 Å². The van der Waals surface area contributed by atoms with E-state index in [4.69, 9.17) is 0 Å². The molecule has 1 fully saturated rings. The third-order valence-electron chi connectivity index (χ3n) is 5.85. The molecular formula is C24H26N4O4. The van der Waals surface area contributed by atoms with Gasteiger partial charge < -0.3 is 10.2 Å². The van der Waals surface area contributed by atoms with Crippen LogP contribution in [0.2, 0.25) is 0 Å². The molecule has 1 N–H and O–H groups in total. The van der Waals surface area contributed by atoms with Crippen LogP contribution in [-0.2, 0) is 0 Å². The summed E-state index contributed by atoms with van der Waals surface area (Å²) in [6.45, 7) is 6.40. The van der Waals surface area contributed by atoms with Crippen molar-refractivity contribution in [2.75, 3.05) is 13.1 Å². The number of nitrogens with one attached hydrogen (secondary N) is 1. The molecule has 1 aromatic heterocycles. The maximum atomic E-state index is 13.0. The summed E-state index contributed by atoms with van der Waals surface area (Å²) in [6, 6.07) is 8.10. The first-order chi connectivity index (χ1) is 15.2. The Morgan fingerprint density at radius 1 is 1.00 bits per heavy atom. The predicted molar refractivity (Wildman–Crippen MR) is 117 cm³/mol. The maximum absolute atomic E-state index is 13.0. The van der Waals surface area contributed by atoms with Crippen LogP contribution in [0.5, 0.6) is 0 Å². The van der Waals surface area contributed by atoms with Crippen molar-refractivity contribution in [3.63, 3.8) is 0 Å². The van der Waals surface area contributed by atoms with Crippen LogP contribution in [0.25, 0.3) is 0 Å². The summed E-state index contributed by atoms with van der Waals surface area (Å²) in [5, 5.41) is 2.99.